The minimum atomic E-state index is -0.795. The maximum atomic E-state index is 14.8. The van der Waals surface area contributed by atoms with E-state index in [0.717, 1.165) is 19.4 Å². The van der Waals surface area contributed by atoms with Gasteiger partial charge in [-0.2, -0.15) is 5.10 Å². The number of nitrogens with one attached hydrogen (secondary N) is 1. The Bertz CT molecular complexity index is 799. The van der Waals surface area contributed by atoms with Gasteiger partial charge in [0.1, 0.15) is 0 Å². The molecule has 2 aliphatic rings. The first-order chi connectivity index (χ1) is 11.5. The van der Waals surface area contributed by atoms with Gasteiger partial charge >= 0.3 is 0 Å². The molecule has 0 radical (unpaired) electrons. The van der Waals surface area contributed by atoms with Gasteiger partial charge in [-0.25, -0.2) is 8.78 Å². The minimum Gasteiger partial charge on any atom is -0.328 e. The molecule has 4 rings (SSSR count). The van der Waals surface area contributed by atoms with E-state index in [2.05, 4.69) is 10.4 Å². The number of aromatic nitrogens is 2. The SMILES string of the molecule is Cc1nn(C)cc1-c1ccc(C2NCC3CC(N)CC32)c(F)c1F.Cl.Cl.Cl. The van der Waals surface area contributed by atoms with Gasteiger partial charge in [0.2, 0.25) is 0 Å². The van der Waals surface area contributed by atoms with Gasteiger partial charge in [0.25, 0.3) is 0 Å². The van der Waals surface area contributed by atoms with Crippen molar-refractivity contribution in [1.29, 1.82) is 0 Å². The second-order valence-electron chi connectivity index (χ2n) is 7.17. The summed E-state index contributed by atoms with van der Waals surface area (Å²) in [6.45, 7) is 2.62. The van der Waals surface area contributed by atoms with Crippen molar-refractivity contribution in [2.24, 2.45) is 24.6 Å². The lowest BCUT2D eigenvalue weighted by Gasteiger charge is -2.20. The molecule has 1 saturated heterocycles. The van der Waals surface area contributed by atoms with Crippen molar-refractivity contribution >= 4 is 37.2 Å². The Kier molecular flexibility index (Phi) is 8.09. The lowest BCUT2D eigenvalue weighted by molar-refractivity contribution is 0.398. The fourth-order valence-electron chi connectivity index (χ4n) is 4.49. The van der Waals surface area contributed by atoms with Crippen LogP contribution >= 0.6 is 37.2 Å². The highest BCUT2D eigenvalue weighted by atomic mass is 35.5. The van der Waals surface area contributed by atoms with E-state index >= 15 is 0 Å². The molecule has 1 aromatic carbocycles. The highest BCUT2D eigenvalue weighted by Gasteiger charge is 2.43. The average molecular weight is 442 g/mol. The van der Waals surface area contributed by atoms with Crippen molar-refractivity contribution in [3.63, 3.8) is 0 Å². The van der Waals surface area contributed by atoms with E-state index < -0.39 is 11.6 Å². The van der Waals surface area contributed by atoms with Gasteiger partial charge in [0.05, 0.1) is 5.69 Å². The molecule has 1 saturated carbocycles. The maximum absolute atomic E-state index is 14.8. The third-order valence-electron chi connectivity index (χ3n) is 5.56. The average Bonchev–Trinajstić information content (AvgIpc) is 3.16. The summed E-state index contributed by atoms with van der Waals surface area (Å²) in [4.78, 5) is 0. The normalized spacial score (nSPS) is 26.0. The van der Waals surface area contributed by atoms with Gasteiger partial charge in [0.15, 0.2) is 11.6 Å². The summed E-state index contributed by atoms with van der Waals surface area (Å²) in [5, 5.41) is 7.57. The fraction of sp³-hybridized carbons (Fsp3) is 0.500. The molecule has 152 valence electrons. The highest BCUT2D eigenvalue weighted by molar-refractivity contribution is 5.86. The summed E-state index contributed by atoms with van der Waals surface area (Å²) in [6, 6.07) is 3.41. The summed E-state index contributed by atoms with van der Waals surface area (Å²) in [5.41, 5.74) is 8.04. The number of aryl methyl sites for hydroxylation is 2. The predicted octanol–water partition coefficient (Wildman–Crippen LogP) is 3.94. The van der Waals surface area contributed by atoms with Crippen LogP contribution in [0, 0.1) is 30.4 Å². The van der Waals surface area contributed by atoms with Gasteiger partial charge in [-0.3, -0.25) is 4.68 Å². The molecular weight excluding hydrogens is 417 g/mol. The molecular formula is C18H25Cl3F2N4. The predicted molar refractivity (Wildman–Crippen MR) is 110 cm³/mol. The molecule has 3 N–H and O–H groups in total. The third-order valence-corrected chi connectivity index (χ3v) is 5.56. The maximum Gasteiger partial charge on any atom is 0.167 e. The van der Waals surface area contributed by atoms with Gasteiger partial charge in [-0.15, -0.1) is 37.2 Å². The minimum absolute atomic E-state index is 0. The lowest BCUT2D eigenvalue weighted by Crippen LogP contribution is -2.24. The molecule has 1 aromatic heterocycles. The van der Waals surface area contributed by atoms with Crippen molar-refractivity contribution < 1.29 is 8.78 Å². The van der Waals surface area contributed by atoms with E-state index in [1.54, 1.807) is 37.0 Å². The van der Waals surface area contributed by atoms with Gasteiger partial charge in [0, 0.05) is 42.0 Å². The Morgan fingerprint density at radius 2 is 1.81 bits per heavy atom. The van der Waals surface area contributed by atoms with E-state index in [-0.39, 0.29) is 54.9 Å². The molecule has 1 aliphatic heterocycles. The zero-order valence-electron chi connectivity index (χ0n) is 15.1. The van der Waals surface area contributed by atoms with Crippen LogP contribution in [0.2, 0.25) is 0 Å². The number of benzene rings is 1. The summed E-state index contributed by atoms with van der Waals surface area (Å²) < 4.78 is 31.2. The number of halogens is 5. The summed E-state index contributed by atoms with van der Waals surface area (Å²) in [7, 11) is 1.77. The first-order valence-corrected chi connectivity index (χ1v) is 8.43. The van der Waals surface area contributed by atoms with Crippen LogP contribution in [0.4, 0.5) is 8.78 Å². The van der Waals surface area contributed by atoms with Crippen LogP contribution in [-0.2, 0) is 7.05 Å². The van der Waals surface area contributed by atoms with Crippen molar-refractivity contribution in [2.75, 3.05) is 6.54 Å². The Morgan fingerprint density at radius 3 is 2.44 bits per heavy atom. The molecule has 4 atom stereocenters. The van der Waals surface area contributed by atoms with Crippen LogP contribution in [0.5, 0.6) is 0 Å². The summed E-state index contributed by atoms with van der Waals surface area (Å²) in [5.74, 6) is -0.793. The molecule has 9 heteroatoms. The lowest BCUT2D eigenvalue weighted by atomic mass is 9.88. The van der Waals surface area contributed by atoms with Crippen LogP contribution in [0.3, 0.4) is 0 Å². The number of hydrogen-bond acceptors (Lipinski definition) is 3. The first-order valence-electron chi connectivity index (χ1n) is 8.43. The van der Waals surface area contributed by atoms with Crippen LogP contribution in [0.15, 0.2) is 18.3 Å². The highest BCUT2D eigenvalue weighted by Crippen LogP contribution is 2.45. The molecule has 0 bridgehead atoms. The second kappa shape index (κ2) is 9.05. The summed E-state index contributed by atoms with van der Waals surface area (Å²) in [6.07, 6.45) is 3.55. The molecule has 2 aromatic rings. The quantitative estimate of drug-likeness (QED) is 0.742. The Labute approximate surface area is 176 Å². The van der Waals surface area contributed by atoms with Gasteiger partial charge < -0.3 is 11.1 Å². The van der Waals surface area contributed by atoms with Gasteiger partial charge in [-0.1, -0.05) is 12.1 Å². The van der Waals surface area contributed by atoms with Crippen molar-refractivity contribution in [3.05, 3.63) is 41.2 Å². The van der Waals surface area contributed by atoms with Crippen LogP contribution in [-0.4, -0.2) is 22.4 Å². The molecule has 27 heavy (non-hydrogen) atoms. The third kappa shape index (κ3) is 4.10. The Hall–Kier alpha value is -0.920. The topological polar surface area (TPSA) is 55.9 Å². The number of fused-ring (bicyclic) bond motifs is 1. The summed E-state index contributed by atoms with van der Waals surface area (Å²) >= 11 is 0. The van der Waals surface area contributed by atoms with E-state index in [0.29, 0.717) is 28.7 Å². The molecule has 0 amide bonds. The zero-order valence-corrected chi connectivity index (χ0v) is 17.6. The first kappa shape index (κ1) is 24.1. The largest absolute Gasteiger partial charge is 0.328 e. The molecule has 4 unspecified atom stereocenters. The standard InChI is InChI=1S/C18H22F2N4.3ClH/c1-9-15(8-24(2)23-9)12-3-4-13(17(20)16(12)19)18-14-6-11(21)5-10(14)7-22-18;;;/h3-4,8,10-11,14,18,22H,5-7,21H2,1-2H3;3*1H. The Balaban J connectivity index is 0.00000121. The van der Waals surface area contributed by atoms with Crippen molar-refractivity contribution in [2.45, 2.75) is 31.8 Å². The van der Waals surface area contributed by atoms with Crippen molar-refractivity contribution in [1.82, 2.24) is 15.1 Å². The Morgan fingerprint density at radius 1 is 1.11 bits per heavy atom. The van der Waals surface area contributed by atoms with Crippen LogP contribution in [0.1, 0.15) is 30.1 Å². The van der Waals surface area contributed by atoms with Gasteiger partial charge in [-0.05, 0) is 38.1 Å². The number of nitrogens with zero attached hydrogens (tertiary/aromatic N) is 2. The molecule has 1 aliphatic carbocycles. The molecule has 4 nitrogen and oxygen atoms in total. The number of nitrogens with two attached hydrogens (primary N) is 1. The van der Waals surface area contributed by atoms with Crippen LogP contribution in [0.25, 0.3) is 11.1 Å². The molecule has 2 heterocycles. The fourth-order valence-corrected chi connectivity index (χ4v) is 4.49. The van der Waals surface area contributed by atoms with E-state index in [4.69, 9.17) is 5.73 Å². The molecule has 0 spiro atoms. The van der Waals surface area contributed by atoms with Crippen LogP contribution < -0.4 is 11.1 Å². The smallest absolute Gasteiger partial charge is 0.167 e. The second-order valence-corrected chi connectivity index (χ2v) is 7.17. The number of rotatable bonds is 2. The monoisotopic (exact) mass is 440 g/mol. The number of hydrogen-bond donors (Lipinski definition) is 2. The van der Waals surface area contributed by atoms with Crippen molar-refractivity contribution in [3.8, 4) is 11.1 Å². The zero-order chi connectivity index (χ0) is 17.0. The van der Waals surface area contributed by atoms with E-state index in [1.165, 1.54) is 0 Å². The van der Waals surface area contributed by atoms with E-state index in [9.17, 15) is 8.78 Å². The van der Waals surface area contributed by atoms with E-state index in [1.807, 2.05) is 0 Å². The molecule has 2 fully saturated rings.